The highest BCUT2D eigenvalue weighted by Crippen LogP contribution is 2.21. The number of aromatic nitrogens is 7. The molecule has 5 heterocycles. The Morgan fingerprint density at radius 3 is 2.62 bits per heavy atom. The molecule has 10 nitrogen and oxygen atoms in total. The van der Waals surface area contributed by atoms with Gasteiger partial charge in [-0.25, -0.2) is 14.8 Å². The number of morpholine rings is 1. The molecule has 0 bridgehead atoms. The summed E-state index contributed by atoms with van der Waals surface area (Å²) in [5, 5.41) is 10.4. The summed E-state index contributed by atoms with van der Waals surface area (Å²) >= 11 is 0. The molecule has 0 saturated carbocycles. The summed E-state index contributed by atoms with van der Waals surface area (Å²) in [5.41, 5.74) is 3.93. The maximum atomic E-state index is 13.3. The fourth-order valence-corrected chi connectivity index (χ4v) is 5.02. The third-order valence-electron chi connectivity index (χ3n) is 6.44. The van der Waals surface area contributed by atoms with Gasteiger partial charge in [0, 0.05) is 38.3 Å². The molecule has 0 aliphatic carbocycles. The minimum Gasteiger partial charge on any atom is -0.373 e. The Bertz CT molecular complexity index is 1570. The average molecular weight is 459 g/mol. The molecule has 0 amide bonds. The zero-order valence-electron chi connectivity index (χ0n) is 19.4. The highest BCUT2D eigenvalue weighted by Gasteiger charge is 2.23. The molecule has 2 atom stereocenters. The molecule has 1 aromatic carbocycles. The van der Waals surface area contributed by atoms with Crippen molar-refractivity contribution in [2.24, 2.45) is 7.05 Å². The van der Waals surface area contributed by atoms with E-state index in [-0.39, 0.29) is 17.9 Å². The predicted octanol–water partition coefficient (Wildman–Crippen LogP) is 1.98. The zero-order valence-corrected chi connectivity index (χ0v) is 19.4. The van der Waals surface area contributed by atoms with Crippen molar-refractivity contribution in [3.8, 4) is 0 Å². The van der Waals surface area contributed by atoms with Crippen molar-refractivity contribution >= 4 is 27.6 Å². The van der Waals surface area contributed by atoms with E-state index in [9.17, 15) is 4.79 Å². The van der Waals surface area contributed by atoms with Gasteiger partial charge in [-0.15, -0.1) is 0 Å². The van der Waals surface area contributed by atoms with Crippen molar-refractivity contribution in [1.29, 1.82) is 0 Å². The number of ether oxygens (including phenoxy) is 1. The van der Waals surface area contributed by atoms with E-state index in [1.54, 1.807) is 4.57 Å². The first-order valence-corrected chi connectivity index (χ1v) is 11.5. The van der Waals surface area contributed by atoms with Gasteiger partial charge in [-0.2, -0.15) is 14.7 Å². The molecule has 0 N–H and O–H groups in total. The molecule has 2 unspecified atom stereocenters. The number of rotatable bonds is 4. The maximum absolute atomic E-state index is 13.3. The first-order valence-electron chi connectivity index (χ1n) is 11.5. The van der Waals surface area contributed by atoms with Crippen molar-refractivity contribution < 1.29 is 4.74 Å². The van der Waals surface area contributed by atoms with Crippen LogP contribution in [0, 0.1) is 0 Å². The van der Waals surface area contributed by atoms with Crippen LogP contribution in [0.25, 0.3) is 27.6 Å². The molecule has 1 aliphatic heterocycles. The van der Waals surface area contributed by atoms with Crippen LogP contribution in [0.2, 0.25) is 0 Å². The van der Waals surface area contributed by atoms with Crippen molar-refractivity contribution in [2.45, 2.75) is 39.1 Å². The van der Waals surface area contributed by atoms with Crippen LogP contribution in [0.15, 0.2) is 47.8 Å². The quantitative estimate of drug-likeness (QED) is 0.406. The summed E-state index contributed by atoms with van der Waals surface area (Å²) in [6.45, 7) is 7.08. The van der Waals surface area contributed by atoms with Crippen LogP contribution < -0.4 is 5.69 Å². The van der Waals surface area contributed by atoms with E-state index < -0.39 is 0 Å². The van der Waals surface area contributed by atoms with Gasteiger partial charge in [-0.1, -0.05) is 12.1 Å². The van der Waals surface area contributed by atoms with Crippen LogP contribution in [0.4, 0.5) is 0 Å². The van der Waals surface area contributed by atoms with Crippen molar-refractivity contribution in [1.82, 2.24) is 38.8 Å². The third-order valence-corrected chi connectivity index (χ3v) is 6.44. The van der Waals surface area contributed by atoms with Gasteiger partial charge in [0.05, 0.1) is 35.9 Å². The van der Waals surface area contributed by atoms with E-state index in [2.05, 4.69) is 46.1 Å². The second-order valence-corrected chi connectivity index (χ2v) is 9.19. The lowest BCUT2D eigenvalue weighted by atomic mass is 10.1. The topological polar surface area (TPSA) is 95.4 Å². The predicted molar refractivity (Wildman–Crippen MR) is 128 cm³/mol. The minimum atomic E-state index is -0.263. The van der Waals surface area contributed by atoms with Crippen molar-refractivity contribution in [3.63, 3.8) is 0 Å². The summed E-state index contributed by atoms with van der Waals surface area (Å²) in [7, 11) is 1.91. The zero-order chi connectivity index (χ0) is 23.4. The second kappa shape index (κ2) is 8.00. The molecule has 1 aliphatic rings. The molecule has 4 aromatic heterocycles. The molecule has 6 rings (SSSR count). The van der Waals surface area contributed by atoms with Gasteiger partial charge in [0.15, 0.2) is 5.65 Å². The summed E-state index contributed by atoms with van der Waals surface area (Å²) in [5.74, 6) is 0. The first-order chi connectivity index (χ1) is 16.5. The second-order valence-electron chi connectivity index (χ2n) is 9.19. The Hall–Kier alpha value is -3.63. The number of benzene rings is 1. The van der Waals surface area contributed by atoms with E-state index in [0.29, 0.717) is 17.8 Å². The van der Waals surface area contributed by atoms with Gasteiger partial charge in [0.1, 0.15) is 12.0 Å². The van der Waals surface area contributed by atoms with Gasteiger partial charge in [0.25, 0.3) is 0 Å². The van der Waals surface area contributed by atoms with E-state index in [4.69, 9.17) is 9.72 Å². The van der Waals surface area contributed by atoms with Crippen molar-refractivity contribution in [2.75, 3.05) is 13.1 Å². The summed E-state index contributed by atoms with van der Waals surface area (Å²) in [4.78, 5) is 24.8. The number of aryl methyl sites for hydroxylation is 1. The van der Waals surface area contributed by atoms with Crippen LogP contribution in [0.3, 0.4) is 0 Å². The van der Waals surface area contributed by atoms with Gasteiger partial charge < -0.3 is 4.74 Å². The fraction of sp³-hybridized carbons (Fsp3) is 0.375. The van der Waals surface area contributed by atoms with Crippen LogP contribution in [0.1, 0.15) is 25.0 Å². The van der Waals surface area contributed by atoms with Gasteiger partial charge >= 0.3 is 5.69 Å². The van der Waals surface area contributed by atoms with Gasteiger partial charge in [0.2, 0.25) is 0 Å². The molecule has 10 heteroatoms. The molecule has 0 radical (unpaired) electrons. The Kier molecular flexibility index (Phi) is 4.93. The van der Waals surface area contributed by atoms with E-state index >= 15 is 0 Å². The monoisotopic (exact) mass is 458 g/mol. The molecule has 174 valence electrons. The normalized spacial score (nSPS) is 19.5. The maximum Gasteiger partial charge on any atom is 0.352 e. The average Bonchev–Trinajstić information content (AvgIpc) is 3.44. The lowest BCUT2D eigenvalue weighted by molar-refractivity contribution is -0.0705. The lowest BCUT2D eigenvalue weighted by Gasteiger charge is -2.35. The Balaban J connectivity index is 1.43. The minimum absolute atomic E-state index is 0.197. The molecule has 34 heavy (non-hydrogen) atoms. The summed E-state index contributed by atoms with van der Waals surface area (Å²) in [6.07, 6.45) is 5.51. The molecule has 0 spiro atoms. The number of hydrogen-bond acceptors (Lipinski definition) is 7. The highest BCUT2D eigenvalue weighted by atomic mass is 16.5. The third kappa shape index (κ3) is 3.55. The highest BCUT2D eigenvalue weighted by molar-refractivity contribution is 5.89. The number of hydrogen-bond donors (Lipinski definition) is 0. The standard InChI is InChI=1S/C24H26N8O2/c1-15-10-30(11-16(2)34-15)12-18-6-20-22(25-8-18)31(24(33)32-23(20)26-14-28-32)13-17-4-5-19-9-27-29(3)21(19)7-17/h4-9,14-16H,10-13H2,1-3H3. The van der Waals surface area contributed by atoms with Crippen LogP contribution >= 0.6 is 0 Å². The van der Waals surface area contributed by atoms with Crippen LogP contribution in [-0.2, 0) is 24.9 Å². The molecule has 1 fully saturated rings. The largest absolute Gasteiger partial charge is 0.373 e. The Morgan fingerprint density at radius 2 is 1.79 bits per heavy atom. The Labute approximate surface area is 195 Å². The van der Waals surface area contributed by atoms with Crippen LogP contribution in [-0.4, -0.2) is 64.1 Å². The molecular formula is C24H26N8O2. The summed E-state index contributed by atoms with van der Waals surface area (Å²) < 4.78 is 10.7. The Morgan fingerprint density at radius 1 is 0.971 bits per heavy atom. The summed E-state index contributed by atoms with van der Waals surface area (Å²) in [6, 6.07) is 8.18. The van der Waals surface area contributed by atoms with Gasteiger partial charge in [-0.3, -0.25) is 14.1 Å². The lowest BCUT2D eigenvalue weighted by Crippen LogP contribution is -2.44. The number of fused-ring (bicyclic) bond motifs is 4. The van der Waals surface area contributed by atoms with Crippen LogP contribution in [0.5, 0.6) is 0 Å². The van der Waals surface area contributed by atoms with E-state index in [0.717, 1.165) is 47.1 Å². The molecule has 1 saturated heterocycles. The van der Waals surface area contributed by atoms with E-state index in [1.807, 2.05) is 36.3 Å². The number of nitrogens with zero attached hydrogens (tertiary/aromatic N) is 8. The molecular weight excluding hydrogens is 432 g/mol. The van der Waals surface area contributed by atoms with Crippen molar-refractivity contribution in [3.05, 3.63) is 64.6 Å². The van der Waals surface area contributed by atoms with Gasteiger partial charge in [-0.05, 0) is 37.1 Å². The van der Waals surface area contributed by atoms with E-state index in [1.165, 1.54) is 10.8 Å². The smallest absolute Gasteiger partial charge is 0.352 e. The number of pyridine rings is 1. The fourth-order valence-electron chi connectivity index (χ4n) is 5.02. The molecule has 5 aromatic rings. The SMILES string of the molecule is CC1CN(Cc2cnc3c(c2)c2ncnn2c(=O)n3Cc2ccc3cnn(C)c3c2)CC(C)O1. The first kappa shape index (κ1) is 20.9.